The van der Waals surface area contributed by atoms with E-state index in [4.69, 9.17) is 21.1 Å². The van der Waals surface area contributed by atoms with Crippen LogP contribution in [0.1, 0.15) is 11.1 Å². The van der Waals surface area contributed by atoms with Crippen molar-refractivity contribution >= 4 is 29.3 Å². The third-order valence-corrected chi connectivity index (χ3v) is 3.51. The van der Waals surface area contributed by atoms with Crippen molar-refractivity contribution < 1.29 is 14.3 Å². The van der Waals surface area contributed by atoms with Gasteiger partial charge in [0.15, 0.2) is 11.5 Å². The molecule has 0 fully saturated rings. The third-order valence-electron chi connectivity index (χ3n) is 3.20. The maximum absolute atomic E-state index is 12.0. The average Bonchev–Trinajstić information content (AvgIpc) is 2.54. The van der Waals surface area contributed by atoms with E-state index < -0.39 is 0 Å². The monoisotopic (exact) mass is 331 g/mol. The molecule has 4 nitrogen and oxygen atoms in total. The van der Waals surface area contributed by atoms with E-state index in [0.717, 1.165) is 11.1 Å². The Morgan fingerprint density at radius 1 is 1.13 bits per heavy atom. The Labute approximate surface area is 140 Å². The van der Waals surface area contributed by atoms with Crippen LogP contribution in [-0.4, -0.2) is 20.1 Å². The largest absolute Gasteiger partial charge is 0.493 e. The van der Waals surface area contributed by atoms with Crippen LogP contribution < -0.4 is 14.8 Å². The van der Waals surface area contributed by atoms with Gasteiger partial charge in [-0.3, -0.25) is 4.79 Å². The second-order valence-electron chi connectivity index (χ2n) is 4.92. The zero-order valence-electron chi connectivity index (χ0n) is 13.2. The number of aryl methyl sites for hydroxylation is 1. The Hall–Kier alpha value is -2.46. The number of carbonyl (C=O) groups excluding carboxylic acids is 1. The molecule has 0 radical (unpaired) electrons. The molecule has 23 heavy (non-hydrogen) atoms. The molecule has 0 bridgehead atoms. The van der Waals surface area contributed by atoms with Crippen LogP contribution in [0.3, 0.4) is 0 Å². The lowest BCUT2D eigenvalue weighted by Crippen LogP contribution is -2.08. The Bertz CT molecular complexity index is 741. The number of anilines is 1. The molecule has 1 N–H and O–H groups in total. The van der Waals surface area contributed by atoms with Crippen LogP contribution in [0.2, 0.25) is 5.02 Å². The summed E-state index contributed by atoms with van der Waals surface area (Å²) in [6.45, 7) is 2.00. The molecule has 120 valence electrons. The first-order valence-electron chi connectivity index (χ1n) is 7.00. The smallest absolute Gasteiger partial charge is 0.248 e. The minimum atomic E-state index is -0.277. The number of hydrogen-bond acceptors (Lipinski definition) is 3. The fourth-order valence-corrected chi connectivity index (χ4v) is 2.27. The molecule has 0 aliphatic rings. The molecule has 5 heteroatoms. The number of halogens is 1. The molecule has 0 spiro atoms. The zero-order valence-corrected chi connectivity index (χ0v) is 14.0. The van der Waals surface area contributed by atoms with Crippen molar-refractivity contribution in [3.8, 4) is 11.5 Å². The van der Waals surface area contributed by atoms with Gasteiger partial charge in [0.2, 0.25) is 5.91 Å². The van der Waals surface area contributed by atoms with Crippen LogP contribution in [0.15, 0.2) is 42.5 Å². The lowest BCUT2D eigenvalue weighted by molar-refractivity contribution is -0.111. The number of hydrogen-bond donors (Lipinski definition) is 1. The van der Waals surface area contributed by atoms with Gasteiger partial charge in [-0.25, -0.2) is 0 Å². The predicted octanol–water partition coefficient (Wildman–Crippen LogP) is 4.32. The van der Waals surface area contributed by atoms with Crippen LogP contribution in [0.4, 0.5) is 5.69 Å². The molecule has 0 aliphatic heterocycles. The van der Waals surface area contributed by atoms with E-state index in [0.29, 0.717) is 22.2 Å². The topological polar surface area (TPSA) is 47.6 Å². The number of ether oxygens (including phenoxy) is 2. The Kier molecular flexibility index (Phi) is 5.66. The summed E-state index contributed by atoms with van der Waals surface area (Å²) in [5.41, 5.74) is 2.55. The number of nitrogens with one attached hydrogen (secondary N) is 1. The average molecular weight is 332 g/mol. The van der Waals surface area contributed by atoms with Crippen LogP contribution in [-0.2, 0) is 4.79 Å². The molecule has 2 rings (SSSR count). The molecule has 2 aromatic carbocycles. The van der Waals surface area contributed by atoms with Gasteiger partial charge in [0.1, 0.15) is 0 Å². The van der Waals surface area contributed by atoms with Crippen LogP contribution in [0.5, 0.6) is 11.5 Å². The first-order chi connectivity index (χ1) is 11.0. The van der Waals surface area contributed by atoms with Crippen molar-refractivity contribution in [1.82, 2.24) is 0 Å². The number of carbonyl (C=O) groups is 1. The molecule has 0 saturated carbocycles. The minimum absolute atomic E-state index is 0.277. The van der Waals surface area contributed by atoms with Crippen molar-refractivity contribution in [2.24, 2.45) is 0 Å². The van der Waals surface area contributed by atoms with E-state index in [1.54, 1.807) is 18.2 Å². The summed E-state index contributed by atoms with van der Waals surface area (Å²) in [5, 5.41) is 3.10. The van der Waals surface area contributed by atoms with E-state index in [1.807, 2.05) is 31.2 Å². The molecule has 0 heterocycles. The summed E-state index contributed by atoms with van der Waals surface area (Å²) >= 11 is 6.14. The summed E-state index contributed by atoms with van der Waals surface area (Å²) in [4.78, 5) is 12.0. The van der Waals surface area contributed by atoms with Crippen molar-refractivity contribution in [3.63, 3.8) is 0 Å². The van der Waals surface area contributed by atoms with E-state index >= 15 is 0 Å². The van der Waals surface area contributed by atoms with Crippen LogP contribution in [0.25, 0.3) is 6.08 Å². The number of benzene rings is 2. The van der Waals surface area contributed by atoms with Crippen molar-refractivity contribution in [1.29, 1.82) is 0 Å². The SMILES string of the molecule is COc1cc(Cl)c(NC(=O)/C=C/c2cccc(C)c2)cc1OC. The molecule has 2 aromatic rings. The van der Waals surface area contributed by atoms with Crippen LogP contribution in [0, 0.1) is 6.92 Å². The normalized spacial score (nSPS) is 10.6. The molecule has 0 saturated heterocycles. The molecule has 0 aliphatic carbocycles. The number of rotatable bonds is 5. The quantitative estimate of drug-likeness (QED) is 0.830. The Balaban J connectivity index is 2.14. The highest BCUT2D eigenvalue weighted by Crippen LogP contribution is 2.35. The van der Waals surface area contributed by atoms with Crippen LogP contribution >= 0.6 is 11.6 Å². The van der Waals surface area contributed by atoms with Crippen molar-refractivity contribution in [3.05, 3.63) is 58.6 Å². The fourth-order valence-electron chi connectivity index (χ4n) is 2.07. The van der Waals surface area contributed by atoms with Gasteiger partial charge in [-0.1, -0.05) is 41.4 Å². The summed E-state index contributed by atoms with van der Waals surface area (Å²) in [6.07, 6.45) is 3.21. The van der Waals surface area contributed by atoms with Gasteiger partial charge >= 0.3 is 0 Å². The standard InChI is InChI=1S/C18H18ClNO3/c1-12-5-4-6-13(9-12)7-8-18(21)20-15-11-17(23-3)16(22-2)10-14(15)19/h4-11H,1-3H3,(H,20,21)/b8-7+. The van der Waals surface area contributed by atoms with E-state index in [2.05, 4.69) is 5.32 Å². The molecular weight excluding hydrogens is 314 g/mol. The maximum atomic E-state index is 12.0. The second-order valence-corrected chi connectivity index (χ2v) is 5.33. The highest BCUT2D eigenvalue weighted by atomic mass is 35.5. The van der Waals surface area contributed by atoms with Gasteiger partial charge < -0.3 is 14.8 Å². The van der Waals surface area contributed by atoms with Gasteiger partial charge in [-0.15, -0.1) is 0 Å². The minimum Gasteiger partial charge on any atom is -0.493 e. The second kappa shape index (κ2) is 7.70. The van der Waals surface area contributed by atoms with E-state index in [-0.39, 0.29) is 5.91 Å². The first kappa shape index (κ1) is 16.9. The van der Waals surface area contributed by atoms with Crippen molar-refractivity contribution in [2.75, 3.05) is 19.5 Å². The lowest BCUT2D eigenvalue weighted by Gasteiger charge is -2.11. The van der Waals surface area contributed by atoms with Gasteiger partial charge in [-0.05, 0) is 18.6 Å². The van der Waals surface area contributed by atoms with Gasteiger partial charge in [0.05, 0.1) is 24.9 Å². The molecule has 0 aromatic heterocycles. The fraction of sp³-hybridized carbons (Fsp3) is 0.167. The third kappa shape index (κ3) is 4.50. The molecule has 0 atom stereocenters. The molecular formula is C18H18ClNO3. The Morgan fingerprint density at radius 2 is 1.83 bits per heavy atom. The van der Waals surface area contributed by atoms with Gasteiger partial charge in [0, 0.05) is 18.2 Å². The van der Waals surface area contributed by atoms with Gasteiger partial charge in [-0.2, -0.15) is 0 Å². The first-order valence-corrected chi connectivity index (χ1v) is 7.38. The Morgan fingerprint density at radius 3 is 2.48 bits per heavy atom. The predicted molar refractivity (Wildman–Crippen MR) is 93.4 cm³/mol. The highest BCUT2D eigenvalue weighted by molar-refractivity contribution is 6.34. The highest BCUT2D eigenvalue weighted by Gasteiger charge is 2.11. The maximum Gasteiger partial charge on any atom is 0.248 e. The number of methoxy groups -OCH3 is 2. The van der Waals surface area contributed by atoms with E-state index in [1.165, 1.54) is 20.3 Å². The van der Waals surface area contributed by atoms with E-state index in [9.17, 15) is 4.79 Å². The zero-order chi connectivity index (χ0) is 16.8. The lowest BCUT2D eigenvalue weighted by atomic mass is 10.1. The molecule has 0 unspecified atom stereocenters. The van der Waals surface area contributed by atoms with Gasteiger partial charge in [0.25, 0.3) is 0 Å². The summed E-state index contributed by atoms with van der Waals surface area (Å²) in [6, 6.07) is 11.1. The summed E-state index contributed by atoms with van der Waals surface area (Å²) < 4.78 is 10.4. The summed E-state index contributed by atoms with van der Waals surface area (Å²) in [7, 11) is 3.05. The number of amides is 1. The van der Waals surface area contributed by atoms with Crippen molar-refractivity contribution in [2.45, 2.75) is 6.92 Å². The summed E-state index contributed by atoms with van der Waals surface area (Å²) in [5.74, 6) is 0.723. The molecule has 1 amide bonds.